The summed E-state index contributed by atoms with van der Waals surface area (Å²) in [5.74, 6) is -0.296. The van der Waals surface area contributed by atoms with Gasteiger partial charge in [-0.25, -0.2) is 13.2 Å². The third-order valence-electron chi connectivity index (χ3n) is 5.91. The van der Waals surface area contributed by atoms with Crippen molar-refractivity contribution in [3.63, 3.8) is 0 Å². The lowest BCUT2D eigenvalue weighted by atomic mass is 9.96. The third-order valence-corrected chi connectivity index (χ3v) is 7.30. The number of urea groups is 1. The number of sulfonamides is 1. The van der Waals surface area contributed by atoms with Crippen molar-refractivity contribution in [1.29, 1.82) is 0 Å². The molecule has 0 spiro atoms. The first-order chi connectivity index (χ1) is 15.7. The highest BCUT2D eigenvalue weighted by Gasteiger charge is 2.29. The lowest BCUT2D eigenvalue weighted by Crippen LogP contribution is -2.47. The van der Waals surface area contributed by atoms with E-state index in [9.17, 15) is 18.0 Å². The van der Waals surface area contributed by atoms with Crippen LogP contribution in [0.2, 0.25) is 0 Å². The summed E-state index contributed by atoms with van der Waals surface area (Å²) in [6.07, 6.45) is 1.21. The number of benzene rings is 2. The van der Waals surface area contributed by atoms with Crippen LogP contribution in [0.25, 0.3) is 0 Å². The first-order valence-corrected chi connectivity index (χ1v) is 12.8. The molecule has 0 bridgehead atoms. The van der Waals surface area contributed by atoms with E-state index in [-0.39, 0.29) is 22.8 Å². The Bertz CT molecular complexity index is 1060. The molecule has 178 valence electrons. The van der Waals surface area contributed by atoms with Crippen molar-refractivity contribution in [3.05, 3.63) is 54.1 Å². The molecule has 0 saturated carbocycles. The van der Waals surface area contributed by atoms with Crippen molar-refractivity contribution in [3.8, 4) is 0 Å². The molecule has 33 heavy (non-hydrogen) atoms. The molecule has 8 nitrogen and oxygen atoms in total. The molecule has 0 aliphatic carbocycles. The number of carbonyl (C=O) groups is 2. The number of carbonyl (C=O) groups excluding carboxylic acids is 2. The number of anilines is 2. The van der Waals surface area contributed by atoms with E-state index in [0.717, 1.165) is 5.56 Å². The molecule has 1 aliphatic rings. The lowest BCUT2D eigenvalue weighted by molar-refractivity contribution is -0.121. The van der Waals surface area contributed by atoms with Gasteiger partial charge < -0.3 is 15.1 Å². The Balaban J connectivity index is 1.55. The van der Waals surface area contributed by atoms with Gasteiger partial charge in [-0.05, 0) is 70.0 Å². The van der Waals surface area contributed by atoms with Crippen LogP contribution < -0.4 is 10.0 Å². The van der Waals surface area contributed by atoms with Crippen LogP contribution in [-0.2, 0) is 14.8 Å². The molecule has 9 heteroatoms. The molecule has 2 aromatic carbocycles. The zero-order valence-electron chi connectivity index (χ0n) is 19.4. The highest BCUT2D eigenvalue weighted by atomic mass is 32.2. The summed E-state index contributed by atoms with van der Waals surface area (Å²) in [5, 5.41) is 2.87. The van der Waals surface area contributed by atoms with Crippen LogP contribution in [0.3, 0.4) is 0 Å². The van der Waals surface area contributed by atoms with Gasteiger partial charge in [0, 0.05) is 43.5 Å². The van der Waals surface area contributed by atoms with Crippen LogP contribution in [0.1, 0.15) is 32.3 Å². The molecule has 2 aromatic rings. The summed E-state index contributed by atoms with van der Waals surface area (Å²) in [7, 11) is -3.72. The highest BCUT2D eigenvalue weighted by molar-refractivity contribution is 7.92. The smallest absolute Gasteiger partial charge is 0.319 e. The molecule has 1 saturated heterocycles. The maximum Gasteiger partial charge on any atom is 0.319 e. The van der Waals surface area contributed by atoms with Crippen molar-refractivity contribution in [1.82, 2.24) is 9.80 Å². The van der Waals surface area contributed by atoms with Crippen LogP contribution in [0, 0.1) is 12.8 Å². The molecule has 0 aromatic heterocycles. The summed E-state index contributed by atoms with van der Waals surface area (Å²) < 4.78 is 27.8. The Morgan fingerprint density at radius 1 is 0.939 bits per heavy atom. The quantitative estimate of drug-likeness (QED) is 0.638. The monoisotopic (exact) mass is 472 g/mol. The largest absolute Gasteiger partial charge is 0.326 e. The van der Waals surface area contributed by atoms with Gasteiger partial charge in [-0.1, -0.05) is 17.7 Å². The fourth-order valence-electron chi connectivity index (χ4n) is 3.82. The van der Waals surface area contributed by atoms with Gasteiger partial charge in [0.25, 0.3) is 10.0 Å². The fraction of sp³-hybridized carbons (Fsp3) is 0.417. The van der Waals surface area contributed by atoms with Gasteiger partial charge in [-0.3, -0.25) is 9.52 Å². The second-order valence-corrected chi connectivity index (χ2v) is 9.88. The maximum atomic E-state index is 12.7. The molecule has 3 rings (SSSR count). The molecule has 1 fully saturated rings. The molecule has 2 N–H and O–H groups in total. The molecular weight excluding hydrogens is 440 g/mol. The number of nitrogens with zero attached hydrogens (tertiary/aromatic N) is 2. The SMILES string of the molecule is CCN(CC)C(=O)N1CCC(C(=O)Nc2ccc(S(=O)(=O)Nc3ccc(C)cc3)cc2)CC1. The molecule has 1 aliphatic heterocycles. The minimum absolute atomic E-state index is 0.0231. The number of hydrogen-bond donors (Lipinski definition) is 2. The summed E-state index contributed by atoms with van der Waals surface area (Å²) in [4.78, 5) is 28.9. The highest BCUT2D eigenvalue weighted by Crippen LogP contribution is 2.22. The first kappa shape index (κ1) is 24.6. The summed E-state index contributed by atoms with van der Waals surface area (Å²) in [6.45, 7) is 8.28. The summed E-state index contributed by atoms with van der Waals surface area (Å²) in [6, 6.07) is 13.2. The van der Waals surface area contributed by atoms with E-state index in [4.69, 9.17) is 0 Å². The average molecular weight is 473 g/mol. The third kappa shape index (κ3) is 6.25. The van der Waals surface area contributed by atoms with Crippen molar-refractivity contribution >= 4 is 33.3 Å². The number of hydrogen-bond acceptors (Lipinski definition) is 4. The van der Waals surface area contributed by atoms with Crippen molar-refractivity contribution in [2.75, 3.05) is 36.2 Å². The van der Waals surface area contributed by atoms with Gasteiger partial charge in [-0.15, -0.1) is 0 Å². The van der Waals surface area contributed by atoms with E-state index >= 15 is 0 Å². The van der Waals surface area contributed by atoms with Crippen LogP contribution in [0.15, 0.2) is 53.4 Å². The molecule has 1 heterocycles. The Labute approximate surface area is 196 Å². The maximum absolute atomic E-state index is 12.7. The van der Waals surface area contributed by atoms with Crippen LogP contribution in [-0.4, -0.2) is 56.3 Å². The van der Waals surface area contributed by atoms with Gasteiger partial charge >= 0.3 is 6.03 Å². The van der Waals surface area contributed by atoms with E-state index < -0.39 is 10.0 Å². The Morgan fingerprint density at radius 2 is 1.48 bits per heavy atom. The van der Waals surface area contributed by atoms with Gasteiger partial charge in [0.2, 0.25) is 5.91 Å². The number of rotatable bonds is 7. The van der Waals surface area contributed by atoms with E-state index in [1.807, 2.05) is 32.9 Å². The van der Waals surface area contributed by atoms with Gasteiger partial charge in [0.1, 0.15) is 0 Å². The normalized spacial score (nSPS) is 14.6. The van der Waals surface area contributed by atoms with E-state index in [1.165, 1.54) is 12.1 Å². The second-order valence-electron chi connectivity index (χ2n) is 8.20. The Kier molecular flexibility index (Phi) is 7.97. The lowest BCUT2D eigenvalue weighted by Gasteiger charge is -2.34. The zero-order chi connectivity index (χ0) is 24.0. The molecule has 3 amide bonds. The van der Waals surface area contributed by atoms with E-state index in [2.05, 4.69) is 10.0 Å². The molecule has 0 radical (unpaired) electrons. The first-order valence-electron chi connectivity index (χ1n) is 11.3. The van der Waals surface area contributed by atoms with Crippen molar-refractivity contribution < 1.29 is 18.0 Å². The number of likely N-dealkylation sites (tertiary alicyclic amines) is 1. The number of nitrogens with one attached hydrogen (secondary N) is 2. The number of piperidine rings is 1. The van der Waals surface area contributed by atoms with Crippen LogP contribution >= 0.6 is 0 Å². The van der Waals surface area contributed by atoms with E-state index in [1.54, 1.807) is 34.1 Å². The predicted molar refractivity (Wildman–Crippen MR) is 130 cm³/mol. The van der Waals surface area contributed by atoms with Crippen molar-refractivity contribution in [2.24, 2.45) is 5.92 Å². The summed E-state index contributed by atoms with van der Waals surface area (Å²) >= 11 is 0. The zero-order valence-corrected chi connectivity index (χ0v) is 20.2. The number of aryl methyl sites for hydroxylation is 1. The Morgan fingerprint density at radius 3 is 2.03 bits per heavy atom. The predicted octanol–water partition coefficient (Wildman–Crippen LogP) is 3.91. The topological polar surface area (TPSA) is 98.8 Å². The molecular formula is C24H32N4O4S. The second kappa shape index (κ2) is 10.7. The molecule has 0 unspecified atom stereocenters. The standard InChI is InChI=1S/C24H32N4O4S/c1-4-27(5-2)24(30)28-16-14-19(15-17-28)23(29)25-20-10-12-22(13-11-20)33(31,32)26-21-8-6-18(3)7-9-21/h6-13,19,26H,4-5,14-17H2,1-3H3,(H,25,29). The van der Waals surface area contributed by atoms with Gasteiger partial charge in [0.15, 0.2) is 0 Å². The minimum Gasteiger partial charge on any atom is -0.326 e. The Hall–Kier alpha value is -3.07. The summed E-state index contributed by atoms with van der Waals surface area (Å²) in [5.41, 5.74) is 2.07. The average Bonchev–Trinajstić information content (AvgIpc) is 2.81. The fourth-order valence-corrected chi connectivity index (χ4v) is 4.88. The van der Waals surface area contributed by atoms with E-state index in [0.29, 0.717) is 50.4 Å². The van der Waals surface area contributed by atoms with Crippen molar-refractivity contribution in [2.45, 2.75) is 38.5 Å². The molecule has 0 atom stereocenters. The van der Waals surface area contributed by atoms with Gasteiger partial charge in [-0.2, -0.15) is 0 Å². The van der Waals surface area contributed by atoms with Crippen LogP contribution in [0.5, 0.6) is 0 Å². The number of amides is 3. The van der Waals surface area contributed by atoms with Gasteiger partial charge in [0.05, 0.1) is 4.90 Å². The minimum atomic E-state index is -3.72. The van der Waals surface area contributed by atoms with Crippen LogP contribution in [0.4, 0.5) is 16.2 Å².